The van der Waals surface area contributed by atoms with Gasteiger partial charge in [0.1, 0.15) is 11.5 Å². The zero-order valence-electron chi connectivity index (χ0n) is 11.0. The Balaban J connectivity index is 2.64. The molecule has 0 bridgehead atoms. The molecule has 4 heteroatoms. The van der Waals surface area contributed by atoms with Crippen molar-refractivity contribution in [2.45, 2.75) is 39.7 Å². The zero-order chi connectivity index (χ0) is 13.5. The molecule has 4 nitrogen and oxygen atoms in total. The Labute approximate surface area is 107 Å². The molecule has 1 amide bonds. The van der Waals surface area contributed by atoms with Crippen LogP contribution in [0.3, 0.4) is 0 Å². The van der Waals surface area contributed by atoms with E-state index >= 15 is 0 Å². The fourth-order valence-electron chi connectivity index (χ4n) is 1.39. The van der Waals surface area contributed by atoms with Gasteiger partial charge >= 0.3 is 0 Å². The van der Waals surface area contributed by atoms with E-state index in [4.69, 9.17) is 4.74 Å². The summed E-state index contributed by atoms with van der Waals surface area (Å²) in [4.78, 5) is 22.2. The van der Waals surface area contributed by atoms with Gasteiger partial charge in [-0.3, -0.25) is 9.59 Å². The third kappa shape index (κ3) is 4.99. The van der Waals surface area contributed by atoms with Gasteiger partial charge in [0.15, 0.2) is 0 Å². The monoisotopic (exact) mass is 249 g/mol. The van der Waals surface area contributed by atoms with Crippen molar-refractivity contribution < 1.29 is 14.3 Å². The number of ketones is 1. The van der Waals surface area contributed by atoms with E-state index in [-0.39, 0.29) is 24.2 Å². The third-order valence-electron chi connectivity index (χ3n) is 2.44. The molecule has 0 aliphatic carbocycles. The van der Waals surface area contributed by atoms with Gasteiger partial charge in [-0.15, -0.1) is 0 Å². The van der Waals surface area contributed by atoms with E-state index in [0.717, 1.165) is 6.42 Å². The summed E-state index contributed by atoms with van der Waals surface area (Å²) < 4.78 is 5.65. The van der Waals surface area contributed by atoms with E-state index in [1.807, 2.05) is 19.9 Å². The minimum Gasteiger partial charge on any atom is -0.491 e. The van der Waals surface area contributed by atoms with Crippen LogP contribution in [0, 0.1) is 0 Å². The molecule has 0 heterocycles. The first-order valence-electron chi connectivity index (χ1n) is 6.07. The summed E-state index contributed by atoms with van der Waals surface area (Å²) in [6.07, 6.45) is 0.949. The number of carbonyl (C=O) groups excluding carboxylic acids is 2. The molecular weight excluding hydrogens is 230 g/mol. The third-order valence-corrected chi connectivity index (χ3v) is 2.44. The molecule has 0 saturated heterocycles. The number of hydrogen-bond acceptors (Lipinski definition) is 3. The normalized spacial score (nSPS) is 11.7. The highest BCUT2D eigenvalue weighted by molar-refractivity contribution is 6.03. The van der Waals surface area contributed by atoms with Crippen molar-refractivity contribution >= 4 is 17.4 Å². The number of Topliss-reactive ketones (excluding diaryl/α,β-unsaturated/α-hetero) is 1. The second-order valence-electron chi connectivity index (χ2n) is 4.29. The molecule has 1 aromatic rings. The summed E-state index contributed by atoms with van der Waals surface area (Å²) in [6, 6.07) is 7.17. The summed E-state index contributed by atoms with van der Waals surface area (Å²) in [6.45, 7) is 5.42. The molecule has 0 saturated carbocycles. The van der Waals surface area contributed by atoms with Crippen LogP contribution < -0.4 is 10.1 Å². The van der Waals surface area contributed by atoms with E-state index in [0.29, 0.717) is 11.4 Å². The Morgan fingerprint density at radius 3 is 2.72 bits per heavy atom. The average Bonchev–Trinajstić information content (AvgIpc) is 2.28. The summed E-state index contributed by atoms with van der Waals surface area (Å²) in [5.41, 5.74) is 0.641. The first-order chi connectivity index (χ1) is 8.51. The first-order valence-corrected chi connectivity index (χ1v) is 6.07. The second kappa shape index (κ2) is 6.79. The Kier molecular flexibility index (Phi) is 5.36. The number of rotatable bonds is 6. The average molecular weight is 249 g/mol. The van der Waals surface area contributed by atoms with Crippen molar-refractivity contribution in [3.05, 3.63) is 24.3 Å². The van der Waals surface area contributed by atoms with Crippen molar-refractivity contribution in [1.82, 2.24) is 0 Å². The topological polar surface area (TPSA) is 55.4 Å². The van der Waals surface area contributed by atoms with Gasteiger partial charge in [0.25, 0.3) is 0 Å². The number of ether oxygens (including phenoxy) is 1. The van der Waals surface area contributed by atoms with Gasteiger partial charge in [0.2, 0.25) is 5.91 Å². The smallest absolute Gasteiger partial charge is 0.231 e. The van der Waals surface area contributed by atoms with Gasteiger partial charge in [-0.25, -0.2) is 0 Å². The van der Waals surface area contributed by atoms with E-state index < -0.39 is 0 Å². The summed E-state index contributed by atoms with van der Waals surface area (Å²) >= 11 is 0. The molecule has 1 atom stereocenters. The molecule has 0 aliphatic heterocycles. The van der Waals surface area contributed by atoms with Crippen molar-refractivity contribution in [3.63, 3.8) is 0 Å². The second-order valence-corrected chi connectivity index (χ2v) is 4.29. The molecule has 0 spiro atoms. The van der Waals surface area contributed by atoms with Crippen LogP contribution in [0.4, 0.5) is 5.69 Å². The van der Waals surface area contributed by atoms with Crippen molar-refractivity contribution in [2.24, 2.45) is 0 Å². The summed E-state index contributed by atoms with van der Waals surface area (Å²) in [5.74, 6) is 0.257. The molecule has 1 aromatic carbocycles. The molecule has 1 N–H and O–H groups in total. The number of nitrogens with one attached hydrogen (secondary N) is 1. The minimum atomic E-state index is -0.303. The van der Waals surface area contributed by atoms with Gasteiger partial charge < -0.3 is 10.1 Å². The van der Waals surface area contributed by atoms with Crippen LogP contribution in [0.25, 0.3) is 0 Å². The molecule has 1 unspecified atom stereocenters. The molecule has 0 aromatic heterocycles. The molecule has 0 fully saturated rings. The first kappa shape index (κ1) is 14.2. The molecular formula is C14H19NO3. The summed E-state index contributed by atoms with van der Waals surface area (Å²) in [5, 5.41) is 2.67. The van der Waals surface area contributed by atoms with Crippen LogP contribution in [-0.4, -0.2) is 17.8 Å². The largest absolute Gasteiger partial charge is 0.491 e. The van der Waals surface area contributed by atoms with E-state index in [1.54, 1.807) is 18.2 Å². The number of benzene rings is 1. The van der Waals surface area contributed by atoms with Crippen LogP contribution in [0.2, 0.25) is 0 Å². The Bertz CT molecular complexity index is 429. The SMILES string of the molecule is CCC(C)Oc1cccc(NC(=O)CC(C)=O)c1. The number of amides is 1. The van der Waals surface area contributed by atoms with Gasteiger partial charge in [-0.05, 0) is 32.4 Å². The highest BCUT2D eigenvalue weighted by Gasteiger charge is 2.07. The highest BCUT2D eigenvalue weighted by atomic mass is 16.5. The van der Waals surface area contributed by atoms with E-state index in [9.17, 15) is 9.59 Å². The van der Waals surface area contributed by atoms with Crippen LogP contribution in [0.1, 0.15) is 33.6 Å². The molecule has 0 radical (unpaired) electrons. The van der Waals surface area contributed by atoms with Crippen molar-refractivity contribution in [1.29, 1.82) is 0 Å². The quantitative estimate of drug-likeness (QED) is 0.789. The van der Waals surface area contributed by atoms with Crippen LogP contribution in [0.15, 0.2) is 24.3 Å². The van der Waals surface area contributed by atoms with Gasteiger partial charge in [0, 0.05) is 11.8 Å². The van der Waals surface area contributed by atoms with Crippen LogP contribution in [0.5, 0.6) is 5.75 Å². The van der Waals surface area contributed by atoms with E-state index in [1.165, 1.54) is 6.92 Å². The van der Waals surface area contributed by atoms with Crippen LogP contribution >= 0.6 is 0 Å². The van der Waals surface area contributed by atoms with Crippen molar-refractivity contribution in [3.8, 4) is 5.75 Å². The maximum absolute atomic E-state index is 11.4. The van der Waals surface area contributed by atoms with Crippen molar-refractivity contribution in [2.75, 3.05) is 5.32 Å². The Morgan fingerprint density at radius 2 is 2.11 bits per heavy atom. The van der Waals surface area contributed by atoms with Gasteiger partial charge in [-0.1, -0.05) is 13.0 Å². The maximum Gasteiger partial charge on any atom is 0.231 e. The molecule has 0 aliphatic rings. The van der Waals surface area contributed by atoms with Crippen LogP contribution in [-0.2, 0) is 9.59 Å². The number of hydrogen-bond donors (Lipinski definition) is 1. The lowest BCUT2D eigenvalue weighted by molar-refractivity contribution is -0.124. The fraction of sp³-hybridized carbons (Fsp3) is 0.429. The van der Waals surface area contributed by atoms with E-state index in [2.05, 4.69) is 5.32 Å². The summed E-state index contributed by atoms with van der Waals surface area (Å²) in [7, 11) is 0. The zero-order valence-corrected chi connectivity index (χ0v) is 11.0. The number of carbonyl (C=O) groups is 2. The predicted molar refractivity (Wildman–Crippen MR) is 70.8 cm³/mol. The molecule has 98 valence electrons. The van der Waals surface area contributed by atoms with Gasteiger partial charge in [0.05, 0.1) is 12.5 Å². The molecule has 1 rings (SSSR count). The lowest BCUT2D eigenvalue weighted by Crippen LogP contribution is -2.15. The number of anilines is 1. The Morgan fingerprint density at radius 1 is 1.39 bits per heavy atom. The molecule has 18 heavy (non-hydrogen) atoms. The van der Waals surface area contributed by atoms with Gasteiger partial charge in [-0.2, -0.15) is 0 Å². The fourth-order valence-corrected chi connectivity index (χ4v) is 1.39. The predicted octanol–water partition coefficient (Wildman–Crippen LogP) is 2.78. The maximum atomic E-state index is 11.4. The standard InChI is InChI=1S/C14H19NO3/c1-4-11(3)18-13-7-5-6-12(9-13)15-14(17)8-10(2)16/h5-7,9,11H,4,8H2,1-3H3,(H,15,17). The lowest BCUT2D eigenvalue weighted by Gasteiger charge is -2.13. The Hall–Kier alpha value is -1.84. The highest BCUT2D eigenvalue weighted by Crippen LogP contribution is 2.19. The lowest BCUT2D eigenvalue weighted by atomic mass is 10.2. The minimum absolute atomic E-state index is 0.101.